The summed E-state index contributed by atoms with van der Waals surface area (Å²) in [6.07, 6.45) is 12.3. The van der Waals surface area contributed by atoms with Crippen LogP contribution in [0.4, 0.5) is 5.69 Å². The number of anilines is 1. The number of para-hydroxylation sites is 1. The van der Waals surface area contributed by atoms with Gasteiger partial charge in [-0.25, -0.2) is 4.57 Å². The van der Waals surface area contributed by atoms with Crippen LogP contribution in [-0.4, -0.2) is 19.3 Å². The summed E-state index contributed by atoms with van der Waals surface area (Å²) in [4.78, 5) is 0. The minimum atomic E-state index is 0.669. The van der Waals surface area contributed by atoms with Crippen molar-refractivity contribution in [1.29, 1.82) is 0 Å². The van der Waals surface area contributed by atoms with Gasteiger partial charge in [-0.15, -0.1) is 0 Å². The molecule has 0 saturated carbocycles. The number of hydrogen-bond acceptors (Lipinski definition) is 3. The number of nitrogens with zero attached hydrogens (tertiary/aromatic N) is 3. The van der Waals surface area contributed by atoms with Gasteiger partial charge in [0.25, 0.3) is 0 Å². The summed E-state index contributed by atoms with van der Waals surface area (Å²) in [5, 5.41) is 6.67. The van der Waals surface area contributed by atoms with Crippen molar-refractivity contribution in [2.75, 3.05) is 18.1 Å². The van der Waals surface area contributed by atoms with E-state index in [0.717, 1.165) is 30.8 Å². The molecule has 0 unspecified atom stereocenters. The quantitative estimate of drug-likeness (QED) is 0.293. The van der Waals surface area contributed by atoms with Crippen LogP contribution in [-0.2, 0) is 6.54 Å². The molecule has 1 aromatic heterocycles. The van der Waals surface area contributed by atoms with Gasteiger partial charge in [0.2, 0.25) is 0 Å². The van der Waals surface area contributed by atoms with Gasteiger partial charge in [-0.05, 0) is 31.5 Å². The number of rotatable bonds is 11. The lowest BCUT2D eigenvalue weighted by Crippen LogP contribution is -2.32. The Bertz CT molecular complexity index is 608. The molecule has 0 spiro atoms. The summed E-state index contributed by atoms with van der Waals surface area (Å²) in [7, 11) is 0. The summed E-state index contributed by atoms with van der Waals surface area (Å²) in [6.45, 7) is 4.82. The predicted molar refractivity (Wildman–Crippen MR) is 106 cm³/mol. The minimum absolute atomic E-state index is 0.669. The lowest BCUT2D eigenvalue weighted by Gasteiger charge is -2.18. The second kappa shape index (κ2) is 11.4. The normalized spacial score (nSPS) is 11.1. The Morgan fingerprint density at radius 1 is 1.00 bits per heavy atom. The molecule has 0 atom stereocenters. The summed E-state index contributed by atoms with van der Waals surface area (Å²) in [6, 6.07) is 14.5. The molecule has 2 N–H and O–H groups in total. The summed E-state index contributed by atoms with van der Waals surface area (Å²) in [5.74, 6) is 0. The van der Waals surface area contributed by atoms with Crippen molar-refractivity contribution >= 4 is 11.9 Å². The lowest BCUT2D eigenvalue weighted by molar-refractivity contribution is -0.697. The van der Waals surface area contributed by atoms with Gasteiger partial charge in [-0.1, -0.05) is 38.0 Å². The van der Waals surface area contributed by atoms with Gasteiger partial charge in [-0.2, -0.15) is 5.10 Å². The highest BCUT2D eigenvalue weighted by molar-refractivity contribution is 5.79. The average Bonchev–Trinajstić information content (AvgIpc) is 2.67. The van der Waals surface area contributed by atoms with Crippen LogP contribution < -0.4 is 15.3 Å². The van der Waals surface area contributed by atoms with Crippen LogP contribution in [0.15, 0.2) is 60.0 Å². The SMILES string of the molecule is CCCCCC[n+]1ccc(/C=N/N(CCCN)c2ccccc2)cc1. The summed E-state index contributed by atoms with van der Waals surface area (Å²) < 4.78 is 2.25. The number of hydrazone groups is 1. The summed E-state index contributed by atoms with van der Waals surface area (Å²) in [5.41, 5.74) is 7.86. The van der Waals surface area contributed by atoms with E-state index in [4.69, 9.17) is 5.73 Å². The number of benzene rings is 1. The molecule has 1 heterocycles. The molecule has 2 aromatic rings. The number of nitrogens with two attached hydrogens (primary N) is 1. The molecule has 0 bridgehead atoms. The molecule has 0 saturated heterocycles. The van der Waals surface area contributed by atoms with Crippen molar-refractivity contribution in [2.45, 2.75) is 45.6 Å². The maximum absolute atomic E-state index is 5.66. The van der Waals surface area contributed by atoms with Gasteiger partial charge in [-0.3, -0.25) is 5.01 Å². The fraction of sp³-hybridized carbons (Fsp3) is 0.429. The Morgan fingerprint density at radius 2 is 1.76 bits per heavy atom. The highest BCUT2D eigenvalue weighted by atomic mass is 15.4. The van der Waals surface area contributed by atoms with Gasteiger partial charge >= 0.3 is 0 Å². The highest BCUT2D eigenvalue weighted by Gasteiger charge is 2.04. The molecule has 25 heavy (non-hydrogen) atoms. The minimum Gasteiger partial charge on any atom is -0.330 e. The van der Waals surface area contributed by atoms with Crippen LogP contribution in [0, 0.1) is 0 Å². The van der Waals surface area contributed by atoms with E-state index in [0.29, 0.717) is 6.54 Å². The van der Waals surface area contributed by atoms with Gasteiger partial charge in [0, 0.05) is 30.7 Å². The molecular weight excluding hydrogens is 308 g/mol. The molecule has 4 heteroatoms. The third kappa shape index (κ3) is 7.06. The van der Waals surface area contributed by atoms with Crippen molar-refractivity contribution in [1.82, 2.24) is 0 Å². The second-order valence-corrected chi connectivity index (χ2v) is 6.28. The molecule has 0 radical (unpaired) electrons. The third-order valence-electron chi connectivity index (χ3n) is 4.16. The van der Waals surface area contributed by atoms with Gasteiger partial charge < -0.3 is 5.73 Å². The molecule has 1 aromatic carbocycles. The number of aromatic nitrogens is 1. The van der Waals surface area contributed by atoms with Crippen molar-refractivity contribution in [3.05, 3.63) is 60.4 Å². The molecule has 0 fully saturated rings. The Labute approximate surface area is 152 Å². The largest absolute Gasteiger partial charge is 0.330 e. The summed E-state index contributed by atoms with van der Waals surface area (Å²) >= 11 is 0. The predicted octanol–water partition coefficient (Wildman–Crippen LogP) is 3.74. The molecule has 0 amide bonds. The first kappa shape index (κ1) is 19.1. The Kier molecular flexibility index (Phi) is 8.70. The number of unbranched alkanes of at least 4 members (excludes halogenated alkanes) is 3. The standard InChI is InChI=1S/C21H31N4/c1-2-3-4-8-15-24-17-12-20(13-18-24)19-23-25(16-9-14-22)21-10-6-5-7-11-21/h5-7,10-13,17-19H,2-4,8-9,14-16,22H2,1H3/q+1. The first-order chi connectivity index (χ1) is 12.3. The topological polar surface area (TPSA) is 45.5 Å². The fourth-order valence-corrected chi connectivity index (χ4v) is 2.66. The first-order valence-corrected chi connectivity index (χ1v) is 9.39. The molecule has 2 rings (SSSR count). The maximum atomic E-state index is 5.66. The Hall–Kier alpha value is -2.20. The smallest absolute Gasteiger partial charge is 0.169 e. The van der Waals surface area contributed by atoms with Gasteiger partial charge in [0.15, 0.2) is 12.4 Å². The van der Waals surface area contributed by atoms with Crippen molar-refractivity contribution < 1.29 is 4.57 Å². The number of aryl methyl sites for hydroxylation is 1. The molecule has 0 aliphatic rings. The lowest BCUT2D eigenvalue weighted by atomic mass is 10.2. The average molecular weight is 340 g/mol. The fourth-order valence-electron chi connectivity index (χ4n) is 2.66. The van der Waals surface area contributed by atoms with E-state index in [1.54, 1.807) is 0 Å². The van der Waals surface area contributed by atoms with E-state index in [1.165, 1.54) is 25.7 Å². The molecule has 0 aliphatic carbocycles. The number of pyridine rings is 1. The van der Waals surface area contributed by atoms with Crippen LogP contribution in [0.5, 0.6) is 0 Å². The van der Waals surface area contributed by atoms with Crippen LogP contribution in [0.25, 0.3) is 0 Å². The zero-order valence-corrected chi connectivity index (χ0v) is 15.3. The second-order valence-electron chi connectivity index (χ2n) is 6.28. The van der Waals surface area contributed by atoms with Crippen LogP contribution in [0.1, 0.15) is 44.6 Å². The third-order valence-corrected chi connectivity index (χ3v) is 4.16. The number of hydrogen-bond donors (Lipinski definition) is 1. The van der Waals surface area contributed by atoms with E-state index < -0.39 is 0 Å². The highest BCUT2D eigenvalue weighted by Crippen LogP contribution is 2.13. The Morgan fingerprint density at radius 3 is 2.44 bits per heavy atom. The van der Waals surface area contributed by atoms with Crippen molar-refractivity contribution in [2.24, 2.45) is 10.8 Å². The molecule has 0 aliphatic heterocycles. The van der Waals surface area contributed by atoms with Crippen LogP contribution in [0.3, 0.4) is 0 Å². The van der Waals surface area contributed by atoms with E-state index in [2.05, 4.69) is 53.3 Å². The molecule has 4 nitrogen and oxygen atoms in total. The van der Waals surface area contributed by atoms with E-state index in [-0.39, 0.29) is 0 Å². The van der Waals surface area contributed by atoms with Crippen molar-refractivity contribution in [3.8, 4) is 0 Å². The Balaban J connectivity index is 1.95. The van der Waals surface area contributed by atoms with Crippen LogP contribution >= 0.6 is 0 Å². The van der Waals surface area contributed by atoms with E-state index in [9.17, 15) is 0 Å². The van der Waals surface area contributed by atoms with E-state index in [1.807, 2.05) is 29.4 Å². The first-order valence-electron chi connectivity index (χ1n) is 9.39. The molecule has 134 valence electrons. The zero-order chi connectivity index (χ0) is 17.7. The van der Waals surface area contributed by atoms with Gasteiger partial charge in [0.1, 0.15) is 6.54 Å². The molecular formula is C21H31N4+. The zero-order valence-electron chi connectivity index (χ0n) is 15.3. The maximum Gasteiger partial charge on any atom is 0.169 e. The van der Waals surface area contributed by atoms with Gasteiger partial charge in [0.05, 0.1) is 11.9 Å². The van der Waals surface area contributed by atoms with E-state index >= 15 is 0 Å². The van der Waals surface area contributed by atoms with Crippen molar-refractivity contribution in [3.63, 3.8) is 0 Å². The monoisotopic (exact) mass is 339 g/mol. The van der Waals surface area contributed by atoms with Crippen LogP contribution in [0.2, 0.25) is 0 Å².